The van der Waals surface area contributed by atoms with Gasteiger partial charge in [-0.25, -0.2) is 0 Å². The molecule has 0 fully saturated rings. The van der Waals surface area contributed by atoms with Crippen molar-refractivity contribution in [3.05, 3.63) is 35.4 Å². The van der Waals surface area contributed by atoms with E-state index < -0.39 is 0 Å². The van der Waals surface area contributed by atoms with Crippen LogP contribution in [0.4, 0.5) is 11.4 Å². The predicted molar refractivity (Wildman–Crippen MR) is 98.3 cm³/mol. The van der Waals surface area contributed by atoms with Gasteiger partial charge in [0.15, 0.2) is 11.5 Å². The van der Waals surface area contributed by atoms with Crippen molar-refractivity contribution in [3.8, 4) is 11.5 Å². The van der Waals surface area contributed by atoms with E-state index in [1.807, 2.05) is 12.1 Å². The van der Waals surface area contributed by atoms with Crippen LogP contribution in [0, 0.1) is 0 Å². The third-order valence-electron chi connectivity index (χ3n) is 4.16. The van der Waals surface area contributed by atoms with Gasteiger partial charge in [-0.15, -0.1) is 0 Å². The number of hydrogen-bond acceptors (Lipinski definition) is 5. The zero-order chi connectivity index (χ0) is 16.7. The van der Waals surface area contributed by atoms with Crippen LogP contribution in [-0.4, -0.2) is 38.9 Å². The van der Waals surface area contributed by atoms with Crippen molar-refractivity contribution in [1.82, 2.24) is 4.90 Å². The Morgan fingerprint density at radius 1 is 1.08 bits per heavy atom. The van der Waals surface area contributed by atoms with Crippen LogP contribution < -0.4 is 14.4 Å². The number of nitrogens with zero attached hydrogens (tertiary/aromatic N) is 2. The molecule has 6 heteroatoms. The largest absolute Gasteiger partial charge is 0.454 e. The quantitative estimate of drug-likeness (QED) is 0.790. The average molecular weight is 363 g/mol. The Morgan fingerprint density at radius 2 is 1.83 bits per heavy atom. The predicted octanol–water partition coefficient (Wildman–Crippen LogP) is 4.62. The van der Waals surface area contributed by atoms with Crippen molar-refractivity contribution in [2.45, 2.75) is 16.2 Å². The summed E-state index contributed by atoms with van der Waals surface area (Å²) >= 11 is 8.01. The molecule has 0 saturated heterocycles. The Balaban J connectivity index is 1.74. The lowest BCUT2D eigenvalue weighted by Gasteiger charge is -2.33. The molecule has 0 bridgehead atoms. The number of fused-ring (bicyclic) bond motifs is 3. The van der Waals surface area contributed by atoms with E-state index in [9.17, 15) is 0 Å². The van der Waals surface area contributed by atoms with E-state index in [1.165, 1.54) is 9.79 Å². The Kier molecular flexibility index (Phi) is 4.24. The second-order valence-corrected chi connectivity index (χ2v) is 7.72. The fourth-order valence-electron chi connectivity index (χ4n) is 3.03. The van der Waals surface area contributed by atoms with E-state index in [4.69, 9.17) is 21.1 Å². The fourth-order valence-corrected chi connectivity index (χ4v) is 4.28. The molecule has 2 aromatic rings. The standard InChI is InChI=1S/C18H19ClN2O2S/c1-20(2)6-3-7-21-13-8-12(19)4-5-17(13)24-18-10-16-15(9-14(18)21)22-11-23-16/h4-5,8-10H,3,6-7,11H2,1-2H3. The molecule has 0 spiro atoms. The average Bonchev–Trinajstić information content (AvgIpc) is 3.00. The number of hydrogen-bond donors (Lipinski definition) is 0. The first-order valence-corrected chi connectivity index (χ1v) is 9.14. The second kappa shape index (κ2) is 6.39. The Hall–Kier alpha value is -1.56. The fraction of sp³-hybridized carbons (Fsp3) is 0.333. The SMILES string of the molecule is CN(C)CCCN1c2cc(Cl)ccc2Sc2cc3c(cc21)OCO3. The minimum atomic E-state index is 0.294. The third kappa shape index (κ3) is 2.92. The van der Waals surface area contributed by atoms with Crippen LogP contribution in [-0.2, 0) is 0 Å². The summed E-state index contributed by atoms with van der Waals surface area (Å²) in [6.07, 6.45) is 1.07. The summed E-state index contributed by atoms with van der Waals surface area (Å²) in [7, 11) is 4.20. The molecule has 4 rings (SSSR count). The molecule has 24 heavy (non-hydrogen) atoms. The van der Waals surface area contributed by atoms with E-state index in [0.717, 1.165) is 47.4 Å². The molecule has 2 aliphatic rings. The smallest absolute Gasteiger partial charge is 0.231 e. The zero-order valence-electron chi connectivity index (χ0n) is 13.7. The highest BCUT2D eigenvalue weighted by atomic mass is 35.5. The molecule has 0 N–H and O–H groups in total. The molecule has 2 aromatic carbocycles. The third-order valence-corrected chi connectivity index (χ3v) is 5.51. The maximum Gasteiger partial charge on any atom is 0.231 e. The van der Waals surface area contributed by atoms with Crippen LogP contribution in [0.3, 0.4) is 0 Å². The summed E-state index contributed by atoms with van der Waals surface area (Å²) in [5.41, 5.74) is 2.33. The van der Waals surface area contributed by atoms with Crippen LogP contribution in [0.15, 0.2) is 40.1 Å². The molecule has 0 atom stereocenters. The van der Waals surface area contributed by atoms with Crippen LogP contribution in [0.25, 0.3) is 0 Å². The van der Waals surface area contributed by atoms with E-state index in [1.54, 1.807) is 11.8 Å². The van der Waals surface area contributed by atoms with Gasteiger partial charge in [0.1, 0.15) is 0 Å². The molecule has 0 amide bonds. The van der Waals surface area contributed by atoms with Gasteiger partial charge in [-0.1, -0.05) is 23.4 Å². The number of halogens is 1. The van der Waals surface area contributed by atoms with Crippen molar-refractivity contribution >= 4 is 34.7 Å². The Labute approximate surface area is 151 Å². The van der Waals surface area contributed by atoms with Crippen LogP contribution in [0.5, 0.6) is 11.5 Å². The molecular weight excluding hydrogens is 344 g/mol. The summed E-state index contributed by atoms with van der Waals surface area (Å²) in [6.45, 7) is 2.26. The van der Waals surface area contributed by atoms with Gasteiger partial charge in [0, 0.05) is 33.5 Å². The van der Waals surface area contributed by atoms with E-state index >= 15 is 0 Å². The lowest BCUT2D eigenvalue weighted by atomic mass is 10.2. The molecular formula is C18H19ClN2O2S. The van der Waals surface area contributed by atoms with Gasteiger partial charge < -0.3 is 19.3 Å². The van der Waals surface area contributed by atoms with Gasteiger partial charge in [-0.3, -0.25) is 0 Å². The van der Waals surface area contributed by atoms with Crippen LogP contribution in [0.1, 0.15) is 6.42 Å². The molecule has 0 unspecified atom stereocenters. The summed E-state index contributed by atoms with van der Waals surface area (Å²) in [5.74, 6) is 1.64. The zero-order valence-corrected chi connectivity index (χ0v) is 15.3. The number of benzene rings is 2. The molecule has 4 nitrogen and oxygen atoms in total. The molecule has 0 aromatic heterocycles. The van der Waals surface area contributed by atoms with E-state index in [0.29, 0.717) is 6.79 Å². The summed E-state index contributed by atoms with van der Waals surface area (Å²) < 4.78 is 11.1. The summed E-state index contributed by atoms with van der Waals surface area (Å²) in [5, 5.41) is 0.760. The first kappa shape index (κ1) is 15.9. The molecule has 126 valence electrons. The maximum absolute atomic E-state index is 6.26. The highest BCUT2D eigenvalue weighted by Gasteiger charge is 2.27. The van der Waals surface area contributed by atoms with Crippen molar-refractivity contribution < 1.29 is 9.47 Å². The van der Waals surface area contributed by atoms with Crippen LogP contribution >= 0.6 is 23.4 Å². The van der Waals surface area contributed by atoms with Crippen LogP contribution in [0.2, 0.25) is 5.02 Å². The Bertz CT molecular complexity index is 782. The van der Waals surface area contributed by atoms with Gasteiger partial charge in [-0.2, -0.15) is 0 Å². The number of ether oxygens (including phenoxy) is 2. The summed E-state index contributed by atoms with van der Waals surface area (Å²) in [6, 6.07) is 10.3. The normalized spacial score (nSPS) is 14.8. The monoisotopic (exact) mass is 362 g/mol. The van der Waals surface area contributed by atoms with E-state index in [2.05, 4.69) is 42.1 Å². The van der Waals surface area contributed by atoms with Crippen molar-refractivity contribution in [1.29, 1.82) is 0 Å². The molecule has 2 heterocycles. The second-order valence-electron chi connectivity index (χ2n) is 6.20. The van der Waals surface area contributed by atoms with Crippen molar-refractivity contribution in [3.63, 3.8) is 0 Å². The van der Waals surface area contributed by atoms with E-state index in [-0.39, 0.29) is 0 Å². The number of rotatable bonds is 4. The summed E-state index contributed by atoms with van der Waals surface area (Å²) in [4.78, 5) is 6.96. The maximum atomic E-state index is 6.26. The highest BCUT2D eigenvalue weighted by molar-refractivity contribution is 7.99. The molecule has 0 radical (unpaired) electrons. The van der Waals surface area contributed by atoms with Gasteiger partial charge >= 0.3 is 0 Å². The topological polar surface area (TPSA) is 24.9 Å². The number of anilines is 2. The lowest BCUT2D eigenvalue weighted by Crippen LogP contribution is -2.25. The molecule has 0 aliphatic carbocycles. The van der Waals surface area contributed by atoms with Gasteiger partial charge in [0.2, 0.25) is 6.79 Å². The highest BCUT2D eigenvalue weighted by Crippen LogP contribution is 2.52. The Morgan fingerprint density at radius 3 is 2.62 bits per heavy atom. The first-order chi connectivity index (χ1) is 11.6. The van der Waals surface area contributed by atoms with Gasteiger partial charge in [0.05, 0.1) is 11.4 Å². The van der Waals surface area contributed by atoms with Gasteiger partial charge in [-0.05, 0) is 45.3 Å². The minimum absolute atomic E-state index is 0.294. The van der Waals surface area contributed by atoms with Crippen molar-refractivity contribution in [2.75, 3.05) is 38.9 Å². The van der Waals surface area contributed by atoms with Crippen molar-refractivity contribution in [2.24, 2.45) is 0 Å². The lowest BCUT2D eigenvalue weighted by molar-refractivity contribution is 0.174. The molecule has 0 saturated carbocycles. The minimum Gasteiger partial charge on any atom is -0.454 e. The van der Waals surface area contributed by atoms with Gasteiger partial charge in [0.25, 0.3) is 0 Å². The first-order valence-electron chi connectivity index (χ1n) is 7.95. The molecule has 2 aliphatic heterocycles.